The number of ether oxygens (including phenoxy) is 3. The first-order chi connectivity index (χ1) is 29.4. The third kappa shape index (κ3) is 9.44. The molecule has 1 saturated heterocycles. The zero-order valence-electron chi connectivity index (χ0n) is 33.4. The van der Waals surface area contributed by atoms with E-state index in [0.717, 1.165) is 76.4 Å². The lowest BCUT2D eigenvalue weighted by Gasteiger charge is -2.32. The summed E-state index contributed by atoms with van der Waals surface area (Å²) in [7, 11) is 2.12. The summed E-state index contributed by atoms with van der Waals surface area (Å²) < 4.78 is 64.2. The first-order valence-corrected chi connectivity index (χ1v) is 20.9. The number of alkyl halides is 3. The molecule has 0 saturated carbocycles. The van der Waals surface area contributed by atoms with Crippen LogP contribution in [0.25, 0.3) is 43.2 Å². The normalized spacial score (nSPS) is 14.4. The molecule has 0 bridgehead atoms. The Labute approximate surface area is 359 Å². The van der Waals surface area contributed by atoms with Crippen LogP contribution in [-0.2, 0) is 24.4 Å². The molecule has 1 aliphatic heterocycles. The third-order valence-corrected chi connectivity index (χ3v) is 12.1. The van der Waals surface area contributed by atoms with Gasteiger partial charge in [0.1, 0.15) is 31.3 Å². The molecule has 11 nitrogen and oxygen atoms in total. The van der Waals surface area contributed by atoms with Crippen molar-refractivity contribution in [2.75, 3.05) is 46.4 Å². The number of hydrogen-bond acceptors (Lipinski definition) is 10. The predicted molar refractivity (Wildman–Crippen MR) is 230 cm³/mol. The van der Waals surface area contributed by atoms with Crippen LogP contribution in [0, 0.1) is 6.92 Å². The lowest BCUT2D eigenvalue weighted by molar-refractivity contribution is -0.145. The molecular formula is C45H42ClF3N6O5S. The van der Waals surface area contributed by atoms with E-state index in [-0.39, 0.29) is 24.6 Å². The Kier molecular flexibility index (Phi) is 12.4. The van der Waals surface area contributed by atoms with Crippen molar-refractivity contribution < 1.29 is 37.3 Å². The fourth-order valence-electron chi connectivity index (χ4n) is 7.56. The van der Waals surface area contributed by atoms with Crippen molar-refractivity contribution in [1.29, 1.82) is 0 Å². The van der Waals surface area contributed by atoms with Gasteiger partial charge in [-0.05, 0) is 71.2 Å². The summed E-state index contributed by atoms with van der Waals surface area (Å²) in [6.07, 6.45) is -3.06. The number of aliphatic carboxylic acids is 1. The Morgan fingerprint density at radius 3 is 2.51 bits per heavy atom. The summed E-state index contributed by atoms with van der Waals surface area (Å²) in [4.78, 5) is 22.7. The molecule has 4 aromatic carbocycles. The predicted octanol–water partition coefficient (Wildman–Crippen LogP) is 9.18. The van der Waals surface area contributed by atoms with Gasteiger partial charge in [0.15, 0.2) is 0 Å². The molecule has 0 aliphatic carbocycles. The van der Waals surface area contributed by atoms with Crippen LogP contribution in [0.4, 0.5) is 13.2 Å². The summed E-state index contributed by atoms with van der Waals surface area (Å²) in [6, 6.07) is 26.0. The van der Waals surface area contributed by atoms with Gasteiger partial charge >= 0.3 is 12.1 Å². The summed E-state index contributed by atoms with van der Waals surface area (Å²) in [6.45, 7) is 5.65. The lowest BCUT2D eigenvalue weighted by atomic mass is 9.91. The van der Waals surface area contributed by atoms with Crippen LogP contribution in [0.3, 0.4) is 0 Å². The van der Waals surface area contributed by atoms with E-state index in [9.17, 15) is 23.1 Å². The minimum Gasteiger partial charge on any atom is -0.491 e. The van der Waals surface area contributed by atoms with Crippen LogP contribution < -0.4 is 14.2 Å². The molecule has 3 aromatic heterocycles. The highest BCUT2D eigenvalue weighted by Crippen LogP contribution is 2.47. The standard InChI is InChI=1S/C45H42ClF3N6O5S/c1-28-32(14-15-36(41(28)46)58-23-22-54-20-18-53(2)19-21-54)39-40-38(25-50-42(39)34-12-7-10-29-8-3-5-11-33(29)34)61-52-43(40)60-37(44(56)57)24-30-9-4-6-13-35(30)59-26-31-16-17-51-55(31)27-45(47,48)49/h3-17,25,37H,18-24,26-27H2,1-2H3,(H,56,57)/t37-/m1/s1. The maximum atomic E-state index is 13.2. The largest absolute Gasteiger partial charge is 0.491 e. The Morgan fingerprint density at radius 2 is 1.70 bits per heavy atom. The van der Waals surface area contributed by atoms with E-state index in [2.05, 4.69) is 26.3 Å². The zero-order valence-corrected chi connectivity index (χ0v) is 34.9. The van der Waals surface area contributed by atoms with E-state index in [1.165, 1.54) is 12.3 Å². The summed E-state index contributed by atoms with van der Waals surface area (Å²) in [5, 5.41) is 17.4. The van der Waals surface area contributed by atoms with Crippen molar-refractivity contribution in [3.8, 4) is 39.8 Å². The number of hydrogen-bond donors (Lipinski definition) is 1. The average molecular weight is 871 g/mol. The van der Waals surface area contributed by atoms with Crippen LogP contribution >= 0.6 is 23.1 Å². The Hall–Kier alpha value is -5.74. The van der Waals surface area contributed by atoms with E-state index < -0.39 is 24.8 Å². The smallest absolute Gasteiger partial charge is 0.408 e. The summed E-state index contributed by atoms with van der Waals surface area (Å²) in [5.41, 5.74) is 4.32. The molecule has 316 valence electrons. The summed E-state index contributed by atoms with van der Waals surface area (Å²) >= 11 is 8.25. The Bertz CT molecular complexity index is 2680. The Morgan fingerprint density at radius 1 is 0.934 bits per heavy atom. The fraction of sp³-hybridized carbons (Fsp3) is 0.289. The van der Waals surface area contributed by atoms with Crippen molar-refractivity contribution >= 4 is 50.0 Å². The van der Waals surface area contributed by atoms with Gasteiger partial charge in [-0.1, -0.05) is 78.3 Å². The van der Waals surface area contributed by atoms with E-state index in [1.807, 2.05) is 61.5 Å². The molecule has 7 aromatic rings. The molecular weight excluding hydrogens is 829 g/mol. The number of benzene rings is 4. The van der Waals surface area contributed by atoms with Gasteiger partial charge in [-0.3, -0.25) is 14.6 Å². The number of fused-ring (bicyclic) bond motifs is 2. The van der Waals surface area contributed by atoms with Crippen molar-refractivity contribution in [1.82, 2.24) is 28.9 Å². The number of aromatic nitrogens is 4. The second kappa shape index (κ2) is 18.1. The van der Waals surface area contributed by atoms with Crippen LogP contribution in [0.2, 0.25) is 5.02 Å². The Balaban J connectivity index is 1.14. The van der Waals surface area contributed by atoms with Gasteiger partial charge in [0.2, 0.25) is 12.0 Å². The van der Waals surface area contributed by atoms with E-state index in [1.54, 1.807) is 30.5 Å². The highest BCUT2D eigenvalue weighted by Gasteiger charge is 2.30. The first kappa shape index (κ1) is 42.0. The fourth-order valence-corrected chi connectivity index (χ4v) is 8.48. The van der Waals surface area contributed by atoms with Crippen LogP contribution in [0.5, 0.6) is 17.4 Å². The van der Waals surface area contributed by atoms with Gasteiger partial charge in [0.05, 0.1) is 26.5 Å². The zero-order chi connectivity index (χ0) is 42.7. The topological polar surface area (TPSA) is 115 Å². The number of piperazine rings is 1. The minimum absolute atomic E-state index is 0.101. The van der Waals surface area contributed by atoms with Crippen LogP contribution in [-0.4, -0.2) is 98.7 Å². The molecule has 1 N–H and O–H groups in total. The molecule has 0 spiro atoms. The van der Waals surface area contributed by atoms with E-state index in [4.69, 9.17) is 30.8 Å². The number of carboxylic acids is 1. The monoisotopic (exact) mass is 870 g/mol. The van der Waals surface area contributed by atoms with Crippen molar-refractivity contribution in [3.63, 3.8) is 0 Å². The number of carbonyl (C=O) groups is 1. The second-order valence-corrected chi connectivity index (χ2v) is 16.1. The molecule has 1 aliphatic rings. The van der Waals surface area contributed by atoms with Crippen molar-refractivity contribution in [2.45, 2.75) is 38.8 Å². The first-order valence-electron chi connectivity index (χ1n) is 19.7. The van der Waals surface area contributed by atoms with Gasteiger partial charge in [-0.2, -0.15) is 22.6 Å². The molecule has 1 atom stereocenters. The van der Waals surface area contributed by atoms with E-state index >= 15 is 0 Å². The number of carboxylic acid groups (broad SMARTS) is 1. The van der Waals surface area contributed by atoms with Crippen LogP contribution in [0.1, 0.15) is 16.8 Å². The van der Waals surface area contributed by atoms with E-state index in [0.29, 0.717) is 50.0 Å². The molecule has 0 radical (unpaired) electrons. The summed E-state index contributed by atoms with van der Waals surface area (Å²) in [5.74, 6) is -0.301. The third-order valence-electron chi connectivity index (χ3n) is 10.8. The lowest BCUT2D eigenvalue weighted by Crippen LogP contribution is -2.45. The van der Waals surface area contributed by atoms with Crippen LogP contribution in [0.15, 0.2) is 97.3 Å². The van der Waals surface area contributed by atoms with Gasteiger partial charge in [0.25, 0.3) is 0 Å². The SMILES string of the molecule is Cc1c(-c2c(-c3cccc4ccccc34)ncc3snc(O[C@H](Cc4ccccc4OCc4ccnn4CC(F)(F)F)C(=O)O)c23)ccc(OCCN2CCN(C)CC2)c1Cl. The minimum atomic E-state index is -4.47. The highest BCUT2D eigenvalue weighted by molar-refractivity contribution is 7.13. The van der Waals surface area contributed by atoms with Gasteiger partial charge in [-0.25, -0.2) is 4.79 Å². The molecule has 0 amide bonds. The maximum Gasteiger partial charge on any atom is 0.408 e. The molecule has 61 heavy (non-hydrogen) atoms. The average Bonchev–Trinajstić information content (AvgIpc) is 3.87. The van der Waals surface area contributed by atoms with Crippen molar-refractivity contribution in [3.05, 3.63) is 119 Å². The number of pyridine rings is 1. The molecule has 4 heterocycles. The molecule has 0 unspecified atom stereocenters. The van der Waals surface area contributed by atoms with Crippen molar-refractivity contribution in [2.24, 2.45) is 0 Å². The maximum absolute atomic E-state index is 13.2. The number of likely N-dealkylation sites (N-methyl/N-ethyl adjacent to an activating group) is 1. The number of para-hydroxylation sites is 1. The number of rotatable bonds is 15. The van der Waals surface area contributed by atoms with Gasteiger partial charge < -0.3 is 24.2 Å². The quantitative estimate of drug-likeness (QED) is 0.107. The molecule has 1 fully saturated rings. The number of nitrogens with zero attached hydrogens (tertiary/aromatic N) is 6. The van der Waals surface area contributed by atoms with Gasteiger partial charge in [0, 0.05) is 62.7 Å². The van der Waals surface area contributed by atoms with Gasteiger partial charge in [-0.15, -0.1) is 0 Å². The number of halogens is 4. The highest BCUT2D eigenvalue weighted by atomic mass is 35.5. The second-order valence-electron chi connectivity index (χ2n) is 14.9. The molecule has 8 rings (SSSR count). The molecule has 16 heteroatoms.